The Bertz CT molecular complexity index is 418. The quantitative estimate of drug-likeness (QED) is 0.741. The number of carbonyl (C=O) groups excluding carboxylic acids is 1. The molecule has 92 valence electrons. The lowest BCUT2D eigenvalue weighted by Crippen LogP contribution is -2.56. The van der Waals surface area contributed by atoms with E-state index in [9.17, 15) is 19.4 Å². The van der Waals surface area contributed by atoms with E-state index < -0.39 is 23.0 Å². The maximum Gasteiger partial charge on any atom is 0.258 e. The number of aliphatic hydroxyl groups is 1. The third-order valence-corrected chi connectivity index (χ3v) is 3.21. The fraction of sp³-hybridized carbons (Fsp3) is 0.417. The molecule has 0 bridgehead atoms. The average Bonchev–Trinajstić information content (AvgIpc) is 2.23. The highest BCUT2D eigenvalue weighted by Gasteiger charge is 2.38. The molecular formula is C12H14FNO3. The molecule has 0 spiro atoms. The van der Waals surface area contributed by atoms with Crippen LogP contribution >= 0.6 is 0 Å². The van der Waals surface area contributed by atoms with Crippen LogP contribution in [0.2, 0.25) is 0 Å². The van der Waals surface area contributed by atoms with Crippen LogP contribution in [0.3, 0.4) is 0 Å². The second-order valence-corrected chi connectivity index (χ2v) is 4.38. The highest BCUT2D eigenvalue weighted by molar-refractivity contribution is 5.97. The molecule has 0 heterocycles. The van der Waals surface area contributed by atoms with Crippen LogP contribution in [0.1, 0.15) is 29.6 Å². The van der Waals surface area contributed by atoms with Gasteiger partial charge in [-0.05, 0) is 31.4 Å². The molecule has 1 aromatic rings. The normalized spacial score (nSPS) is 17.3. The standard InChI is InChI=1S/C12H14FNO3/c13-8-3-1-4-9(16)10(8)11(17)14-12(7-15)5-2-6-12/h1,3-4,15-16H,2,5-7H2,(H,14,17). The first-order valence-electron chi connectivity index (χ1n) is 5.49. The number of carbonyl (C=O) groups is 1. The van der Waals surface area contributed by atoms with Crippen LogP contribution in [-0.4, -0.2) is 28.3 Å². The predicted octanol–water partition coefficient (Wildman–Crippen LogP) is 1.18. The molecule has 3 N–H and O–H groups in total. The number of phenolic OH excluding ortho intramolecular Hbond substituents is 1. The van der Waals surface area contributed by atoms with Crippen LogP contribution in [0.25, 0.3) is 0 Å². The van der Waals surface area contributed by atoms with Crippen molar-refractivity contribution in [3.05, 3.63) is 29.6 Å². The Morgan fingerprint density at radius 3 is 2.65 bits per heavy atom. The van der Waals surface area contributed by atoms with Crippen LogP contribution in [0, 0.1) is 5.82 Å². The summed E-state index contributed by atoms with van der Waals surface area (Å²) in [7, 11) is 0. The number of amides is 1. The fourth-order valence-corrected chi connectivity index (χ4v) is 1.97. The van der Waals surface area contributed by atoms with E-state index in [4.69, 9.17) is 0 Å². The van der Waals surface area contributed by atoms with Gasteiger partial charge < -0.3 is 15.5 Å². The van der Waals surface area contributed by atoms with Crippen molar-refractivity contribution in [2.24, 2.45) is 0 Å². The van der Waals surface area contributed by atoms with Gasteiger partial charge in [0, 0.05) is 0 Å². The number of phenols is 1. The van der Waals surface area contributed by atoms with Gasteiger partial charge in [-0.2, -0.15) is 0 Å². The fourth-order valence-electron chi connectivity index (χ4n) is 1.97. The topological polar surface area (TPSA) is 69.6 Å². The molecule has 17 heavy (non-hydrogen) atoms. The van der Waals surface area contributed by atoms with Gasteiger partial charge in [0.15, 0.2) is 0 Å². The molecule has 1 amide bonds. The van der Waals surface area contributed by atoms with Gasteiger partial charge in [-0.3, -0.25) is 4.79 Å². The van der Waals surface area contributed by atoms with E-state index >= 15 is 0 Å². The van der Waals surface area contributed by atoms with E-state index in [0.29, 0.717) is 12.8 Å². The Morgan fingerprint density at radius 2 is 2.18 bits per heavy atom. The third-order valence-electron chi connectivity index (χ3n) is 3.21. The molecule has 1 saturated carbocycles. The van der Waals surface area contributed by atoms with Crippen LogP contribution in [0.15, 0.2) is 18.2 Å². The van der Waals surface area contributed by atoms with Gasteiger partial charge in [0.1, 0.15) is 17.1 Å². The molecule has 0 unspecified atom stereocenters. The highest BCUT2D eigenvalue weighted by atomic mass is 19.1. The molecular weight excluding hydrogens is 225 g/mol. The van der Waals surface area contributed by atoms with Crippen molar-refractivity contribution in [3.8, 4) is 5.75 Å². The molecule has 0 atom stereocenters. The number of aromatic hydroxyl groups is 1. The molecule has 1 aliphatic carbocycles. The van der Waals surface area contributed by atoms with Gasteiger partial charge in [-0.25, -0.2) is 4.39 Å². The molecule has 1 aliphatic rings. The minimum Gasteiger partial charge on any atom is -0.507 e. The van der Waals surface area contributed by atoms with Gasteiger partial charge >= 0.3 is 0 Å². The summed E-state index contributed by atoms with van der Waals surface area (Å²) >= 11 is 0. The number of halogens is 1. The third kappa shape index (κ3) is 2.10. The Balaban J connectivity index is 2.20. The number of benzene rings is 1. The first-order chi connectivity index (χ1) is 8.08. The summed E-state index contributed by atoms with van der Waals surface area (Å²) in [4.78, 5) is 11.8. The van der Waals surface area contributed by atoms with Crippen molar-refractivity contribution in [1.82, 2.24) is 5.32 Å². The summed E-state index contributed by atoms with van der Waals surface area (Å²) < 4.78 is 13.4. The van der Waals surface area contributed by atoms with Gasteiger partial charge in [-0.15, -0.1) is 0 Å². The van der Waals surface area contributed by atoms with Gasteiger partial charge in [0.25, 0.3) is 5.91 Å². The van der Waals surface area contributed by atoms with E-state index in [1.807, 2.05) is 0 Å². The number of aliphatic hydroxyl groups excluding tert-OH is 1. The van der Waals surface area contributed by atoms with E-state index in [2.05, 4.69) is 5.32 Å². The highest BCUT2D eigenvalue weighted by Crippen LogP contribution is 2.32. The molecule has 0 aliphatic heterocycles. The van der Waals surface area contributed by atoms with Crippen molar-refractivity contribution in [3.63, 3.8) is 0 Å². The summed E-state index contributed by atoms with van der Waals surface area (Å²) in [6, 6.07) is 3.69. The largest absolute Gasteiger partial charge is 0.507 e. The smallest absolute Gasteiger partial charge is 0.258 e. The summed E-state index contributed by atoms with van der Waals surface area (Å²) in [5.41, 5.74) is -1.02. The van der Waals surface area contributed by atoms with E-state index in [1.165, 1.54) is 12.1 Å². The van der Waals surface area contributed by atoms with Gasteiger partial charge in [0.05, 0.1) is 12.1 Å². The van der Waals surface area contributed by atoms with Gasteiger partial charge in [-0.1, -0.05) is 6.07 Å². The average molecular weight is 239 g/mol. The van der Waals surface area contributed by atoms with Crippen molar-refractivity contribution in [2.45, 2.75) is 24.8 Å². The van der Waals surface area contributed by atoms with E-state index in [1.54, 1.807) is 0 Å². The maximum atomic E-state index is 13.4. The summed E-state index contributed by atoms with van der Waals surface area (Å²) in [5.74, 6) is -1.85. The Hall–Kier alpha value is -1.62. The molecule has 0 radical (unpaired) electrons. The summed E-state index contributed by atoms with van der Waals surface area (Å²) in [6.07, 6.45) is 2.26. The zero-order valence-corrected chi connectivity index (χ0v) is 9.24. The van der Waals surface area contributed by atoms with Crippen molar-refractivity contribution < 1.29 is 19.4 Å². The predicted molar refractivity (Wildman–Crippen MR) is 59.2 cm³/mol. The first kappa shape index (κ1) is 11.9. The SMILES string of the molecule is O=C(NC1(CO)CCC1)c1c(O)cccc1F. The Kier molecular flexibility index (Phi) is 3.02. The van der Waals surface area contributed by atoms with Gasteiger partial charge in [0.2, 0.25) is 0 Å². The number of rotatable bonds is 3. The maximum absolute atomic E-state index is 13.4. The lowest BCUT2D eigenvalue weighted by atomic mass is 9.77. The van der Waals surface area contributed by atoms with Crippen molar-refractivity contribution in [2.75, 3.05) is 6.61 Å². The van der Waals surface area contributed by atoms with Crippen molar-refractivity contribution in [1.29, 1.82) is 0 Å². The van der Waals surface area contributed by atoms with Crippen LogP contribution in [0.5, 0.6) is 5.75 Å². The second kappa shape index (κ2) is 4.33. The van der Waals surface area contributed by atoms with Crippen LogP contribution in [0.4, 0.5) is 4.39 Å². The minimum atomic E-state index is -0.769. The summed E-state index contributed by atoms with van der Waals surface area (Å²) in [6.45, 7) is -0.173. The molecule has 4 nitrogen and oxygen atoms in total. The lowest BCUT2D eigenvalue weighted by Gasteiger charge is -2.40. The molecule has 5 heteroatoms. The van der Waals surface area contributed by atoms with E-state index in [-0.39, 0.29) is 12.2 Å². The zero-order valence-electron chi connectivity index (χ0n) is 9.24. The van der Waals surface area contributed by atoms with Crippen molar-refractivity contribution >= 4 is 5.91 Å². The first-order valence-corrected chi connectivity index (χ1v) is 5.49. The number of nitrogens with one attached hydrogen (secondary N) is 1. The van der Waals surface area contributed by atoms with Crippen LogP contribution < -0.4 is 5.32 Å². The summed E-state index contributed by atoms with van der Waals surface area (Å²) in [5, 5.41) is 21.2. The molecule has 1 fully saturated rings. The molecule has 1 aromatic carbocycles. The Morgan fingerprint density at radius 1 is 1.47 bits per heavy atom. The minimum absolute atomic E-state index is 0.173. The molecule has 0 saturated heterocycles. The molecule has 2 rings (SSSR count). The number of hydrogen-bond acceptors (Lipinski definition) is 3. The molecule has 0 aromatic heterocycles. The monoisotopic (exact) mass is 239 g/mol. The zero-order chi connectivity index (χ0) is 12.5. The lowest BCUT2D eigenvalue weighted by molar-refractivity contribution is 0.0636. The Labute approximate surface area is 98.1 Å². The number of hydrogen-bond donors (Lipinski definition) is 3. The second-order valence-electron chi connectivity index (χ2n) is 4.38. The van der Waals surface area contributed by atoms with Crippen LogP contribution in [-0.2, 0) is 0 Å². The van der Waals surface area contributed by atoms with E-state index in [0.717, 1.165) is 12.5 Å².